The van der Waals surface area contributed by atoms with E-state index in [0.717, 1.165) is 44.8 Å². The largest absolute Gasteiger partial charge is 0.369 e. The van der Waals surface area contributed by atoms with Gasteiger partial charge in [0.25, 0.3) is 0 Å². The van der Waals surface area contributed by atoms with Crippen molar-refractivity contribution in [2.24, 2.45) is 5.73 Å². The fourth-order valence-corrected chi connectivity index (χ4v) is 3.14. The van der Waals surface area contributed by atoms with Gasteiger partial charge in [0.05, 0.1) is 0 Å². The van der Waals surface area contributed by atoms with Crippen molar-refractivity contribution in [3.63, 3.8) is 0 Å². The minimum atomic E-state index is -0.166. The Kier molecular flexibility index (Phi) is 3.94. The zero-order chi connectivity index (χ0) is 14.0. The van der Waals surface area contributed by atoms with E-state index in [1.807, 2.05) is 12.1 Å². The Morgan fingerprint density at radius 3 is 2.25 bits per heavy atom. The Hall–Kier alpha value is -1.13. The molecule has 0 bridgehead atoms. The van der Waals surface area contributed by atoms with Crippen LogP contribution < -0.4 is 10.6 Å². The van der Waals surface area contributed by atoms with Crippen molar-refractivity contribution in [3.8, 4) is 0 Å². The van der Waals surface area contributed by atoms with E-state index in [-0.39, 0.29) is 11.4 Å². The summed E-state index contributed by atoms with van der Waals surface area (Å²) in [6.45, 7) is 5.31. The van der Waals surface area contributed by atoms with Gasteiger partial charge in [-0.2, -0.15) is 0 Å². The van der Waals surface area contributed by atoms with Gasteiger partial charge < -0.3 is 10.6 Å². The molecule has 0 unspecified atom stereocenters. The number of nitrogens with two attached hydrogens (primary N) is 1. The standard InChI is InChI=1S/C16H24FN3/c17-14-2-4-15(5-3-14)20-12-10-19(11-13-20)9-8-16(18)6-1-7-16/h2-5H,1,6-13,18H2. The lowest BCUT2D eigenvalue weighted by atomic mass is 9.75. The molecule has 1 aromatic carbocycles. The Morgan fingerprint density at radius 2 is 1.70 bits per heavy atom. The van der Waals surface area contributed by atoms with Crippen molar-refractivity contribution in [2.45, 2.75) is 31.2 Å². The van der Waals surface area contributed by atoms with Crippen LogP contribution in [0.25, 0.3) is 0 Å². The zero-order valence-corrected chi connectivity index (χ0v) is 12.0. The summed E-state index contributed by atoms with van der Waals surface area (Å²) in [6, 6.07) is 6.81. The van der Waals surface area contributed by atoms with Crippen molar-refractivity contribution < 1.29 is 4.39 Å². The quantitative estimate of drug-likeness (QED) is 0.916. The average molecular weight is 277 g/mol. The summed E-state index contributed by atoms with van der Waals surface area (Å²) in [6.07, 6.45) is 4.82. The minimum absolute atomic E-state index is 0.133. The number of nitrogens with zero attached hydrogens (tertiary/aromatic N) is 2. The summed E-state index contributed by atoms with van der Waals surface area (Å²) in [4.78, 5) is 4.84. The molecule has 0 radical (unpaired) electrons. The lowest BCUT2D eigenvalue weighted by Crippen LogP contribution is -2.51. The molecule has 1 aliphatic carbocycles. The highest BCUT2D eigenvalue weighted by Gasteiger charge is 2.32. The minimum Gasteiger partial charge on any atom is -0.369 e. The van der Waals surface area contributed by atoms with Gasteiger partial charge in [-0.05, 0) is 49.9 Å². The van der Waals surface area contributed by atoms with Crippen molar-refractivity contribution >= 4 is 5.69 Å². The normalized spacial score (nSPS) is 22.6. The van der Waals surface area contributed by atoms with E-state index in [4.69, 9.17) is 5.73 Å². The van der Waals surface area contributed by atoms with Crippen LogP contribution in [0.1, 0.15) is 25.7 Å². The molecule has 20 heavy (non-hydrogen) atoms. The Labute approximate surface area is 120 Å². The van der Waals surface area contributed by atoms with E-state index >= 15 is 0 Å². The molecule has 3 rings (SSSR count). The van der Waals surface area contributed by atoms with Gasteiger partial charge in [-0.15, -0.1) is 0 Å². The van der Waals surface area contributed by atoms with Crippen molar-refractivity contribution in [1.29, 1.82) is 0 Å². The number of benzene rings is 1. The summed E-state index contributed by atoms with van der Waals surface area (Å²) in [7, 11) is 0. The third-order valence-corrected chi connectivity index (χ3v) is 4.84. The highest BCUT2D eigenvalue weighted by atomic mass is 19.1. The van der Waals surface area contributed by atoms with E-state index < -0.39 is 0 Å². The van der Waals surface area contributed by atoms with Crippen LogP contribution in [-0.4, -0.2) is 43.2 Å². The number of rotatable bonds is 4. The fraction of sp³-hybridized carbons (Fsp3) is 0.625. The number of halogens is 1. The lowest BCUT2D eigenvalue weighted by molar-refractivity contribution is 0.176. The Bertz CT molecular complexity index is 434. The molecule has 0 aromatic heterocycles. The topological polar surface area (TPSA) is 32.5 Å². The van der Waals surface area contributed by atoms with Crippen molar-refractivity contribution in [1.82, 2.24) is 4.90 Å². The molecule has 0 amide bonds. The molecule has 1 aliphatic heterocycles. The summed E-state index contributed by atoms with van der Waals surface area (Å²) in [5.74, 6) is -0.166. The molecule has 110 valence electrons. The molecule has 1 saturated heterocycles. The Balaban J connectivity index is 1.45. The summed E-state index contributed by atoms with van der Waals surface area (Å²) >= 11 is 0. The SMILES string of the molecule is NC1(CCN2CCN(c3ccc(F)cc3)CC2)CCC1. The summed E-state index contributed by atoms with van der Waals surface area (Å²) in [5.41, 5.74) is 7.54. The third kappa shape index (κ3) is 3.13. The second kappa shape index (κ2) is 5.70. The van der Waals surface area contributed by atoms with Gasteiger partial charge in [0.2, 0.25) is 0 Å². The first-order chi connectivity index (χ1) is 9.65. The summed E-state index contributed by atoms with van der Waals surface area (Å²) < 4.78 is 12.9. The molecule has 2 N–H and O–H groups in total. The molecule has 3 nitrogen and oxygen atoms in total. The molecule has 0 spiro atoms. The average Bonchev–Trinajstić information content (AvgIpc) is 2.45. The first-order valence-corrected chi connectivity index (χ1v) is 7.66. The van der Waals surface area contributed by atoms with E-state index in [2.05, 4.69) is 9.80 Å². The van der Waals surface area contributed by atoms with Crippen LogP contribution in [0.15, 0.2) is 24.3 Å². The predicted octanol–water partition coefficient (Wildman–Crippen LogP) is 2.22. The second-order valence-corrected chi connectivity index (χ2v) is 6.27. The maximum atomic E-state index is 12.9. The predicted molar refractivity (Wildman–Crippen MR) is 80.4 cm³/mol. The number of piperazine rings is 1. The zero-order valence-electron chi connectivity index (χ0n) is 12.0. The summed E-state index contributed by atoms with van der Waals surface area (Å²) in [5, 5.41) is 0. The van der Waals surface area contributed by atoms with Gasteiger partial charge in [0.1, 0.15) is 5.82 Å². The van der Waals surface area contributed by atoms with Crippen LogP contribution >= 0.6 is 0 Å². The van der Waals surface area contributed by atoms with Gasteiger partial charge in [-0.25, -0.2) is 4.39 Å². The Morgan fingerprint density at radius 1 is 1.05 bits per heavy atom. The molecular formula is C16H24FN3. The monoisotopic (exact) mass is 277 g/mol. The number of hydrogen-bond donors (Lipinski definition) is 1. The van der Waals surface area contributed by atoms with Gasteiger partial charge >= 0.3 is 0 Å². The van der Waals surface area contributed by atoms with E-state index in [0.29, 0.717) is 0 Å². The van der Waals surface area contributed by atoms with Gasteiger partial charge in [-0.3, -0.25) is 4.90 Å². The third-order valence-electron chi connectivity index (χ3n) is 4.84. The molecular weight excluding hydrogens is 253 g/mol. The van der Waals surface area contributed by atoms with Gasteiger partial charge in [-0.1, -0.05) is 0 Å². The first-order valence-electron chi connectivity index (χ1n) is 7.66. The van der Waals surface area contributed by atoms with E-state index in [9.17, 15) is 4.39 Å². The van der Waals surface area contributed by atoms with Crippen LogP contribution in [-0.2, 0) is 0 Å². The van der Waals surface area contributed by atoms with E-state index in [1.54, 1.807) is 0 Å². The number of hydrogen-bond acceptors (Lipinski definition) is 3. The fourth-order valence-electron chi connectivity index (χ4n) is 3.14. The van der Waals surface area contributed by atoms with Crippen LogP contribution in [0, 0.1) is 5.82 Å². The molecule has 2 fully saturated rings. The van der Waals surface area contributed by atoms with Crippen LogP contribution in [0.5, 0.6) is 0 Å². The molecule has 1 saturated carbocycles. The molecule has 2 aliphatic rings. The van der Waals surface area contributed by atoms with Crippen molar-refractivity contribution in [3.05, 3.63) is 30.1 Å². The second-order valence-electron chi connectivity index (χ2n) is 6.27. The number of anilines is 1. The maximum absolute atomic E-state index is 12.9. The molecule has 4 heteroatoms. The molecule has 0 atom stereocenters. The maximum Gasteiger partial charge on any atom is 0.123 e. The lowest BCUT2D eigenvalue weighted by Gasteiger charge is -2.41. The first kappa shape index (κ1) is 13.8. The van der Waals surface area contributed by atoms with Crippen LogP contribution in [0.3, 0.4) is 0 Å². The smallest absolute Gasteiger partial charge is 0.123 e. The van der Waals surface area contributed by atoms with Gasteiger partial charge in [0, 0.05) is 44.0 Å². The van der Waals surface area contributed by atoms with Crippen LogP contribution in [0.4, 0.5) is 10.1 Å². The molecule has 1 heterocycles. The van der Waals surface area contributed by atoms with Crippen LogP contribution in [0.2, 0.25) is 0 Å². The highest BCUT2D eigenvalue weighted by molar-refractivity contribution is 5.46. The van der Waals surface area contributed by atoms with E-state index in [1.165, 1.54) is 31.4 Å². The van der Waals surface area contributed by atoms with Gasteiger partial charge in [0.15, 0.2) is 0 Å². The highest BCUT2D eigenvalue weighted by Crippen LogP contribution is 2.32. The van der Waals surface area contributed by atoms with Crippen molar-refractivity contribution in [2.75, 3.05) is 37.6 Å². The molecule has 1 aromatic rings.